The summed E-state index contributed by atoms with van der Waals surface area (Å²) in [6, 6.07) is 7.41. The lowest BCUT2D eigenvalue weighted by atomic mass is 10.2. The van der Waals surface area contributed by atoms with E-state index in [9.17, 15) is 4.79 Å². The Bertz CT molecular complexity index is 286. The van der Waals surface area contributed by atoms with Crippen LogP contribution < -0.4 is 10.9 Å². The molecule has 0 aliphatic heterocycles. The van der Waals surface area contributed by atoms with Crippen LogP contribution in [-0.2, 0) is 0 Å². The SMILES string of the molecule is Cc1ccccc1NNC(=O)O. The molecule has 1 amide bonds. The van der Waals surface area contributed by atoms with E-state index in [2.05, 4.69) is 10.9 Å². The fourth-order valence-electron chi connectivity index (χ4n) is 0.834. The highest BCUT2D eigenvalue weighted by molar-refractivity contribution is 5.67. The van der Waals surface area contributed by atoms with Gasteiger partial charge < -0.3 is 5.11 Å². The number of amides is 1. The van der Waals surface area contributed by atoms with E-state index in [-0.39, 0.29) is 0 Å². The van der Waals surface area contributed by atoms with Crippen LogP contribution in [0, 0.1) is 6.92 Å². The van der Waals surface area contributed by atoms with Gasteiger partial charge in [-0.1, -0.05) is 18.2 Å². The van der Waals surface area contributed by atoms with E-state index in [0.717, 1.165) is 11.3 Å². The Balaban J connectivity index is 2.63. The van der Waals surface area contributed by atoms with Crippen LogP contribution in [-0.4, -0.2) is 11.2 Å². The minimum absolute atomic E-state index is 0.764. The molecule has 0 heterocycles. The molecular formula is C8H10N2O2. The smallest absolute Gasteiger partial charge is 0.423 e. The van der Waals surface area contributed by atoms with Crippen molar-refractivity contribution in [3.05, 3.63) is 29.8 Å². The van der Waals surface area contributed by atoms with Gasteiger partial charge in [-0.05, 0) is 18.6 Å². The Hall–Kier alpha value is -1.71. The van der Waals surface area contributed by atoms with Crippen LogP contribution in [0.2, 0.25) is 0 Å². The minimum atomic E-state index is -1.10. The molecule has 0 aliphatic rings. The predicted octanol–water partition coefficient (Wildman–Crippen LogP) is 1.59. The maximum atomic E-state index is 10.1. The molecule has 1 aromatic rings. The van der Waals surface area contributed by atoms with E-state index in [1.807, 2.05) is 25.1 Å². The summed E-state index contributed by atoms with van der Waals surface area (Å²) in [6.07, 6.45) is -1.10. The van der Waals surface area contributed by atoms with Crippen LogP contribution in [0.5, 0.6) is 0 Å². The van der Waals surface area contributed by atoms with E-state index in [4.69, 9.17) is 5.11 Å². The van der Waals surface area contributed by atoms with Crippen molar-refractivity contribution in [1.29, 1.82) is 0 Å². The van der Waals surface area contributed by atoms with E-state index in [0.29, 0.717) is 0 Å². The lowest BCUT2D eigenvalue weighted by molar-refractivity contribution is 0.197. The highest BCUT2D eigenvalue weighted by Crippen LogP contribution is 2.11. The molecule has 0 atom stereocenters. The molecule has 1 aromatic carbocycles. The van der Waals surface area contributed by atoms with Gasteiger partial charge in [-0.15, -0.1) is 0 Å². The maximum Gasteiger partial charge on any atom is 0.423 e. The average molecular weight is 166 g/mol. The fourth-order valence-corrected chi connectivity index (χ4v) is 0.834. The second-order valence-corrected chi connectivity index (χ2v) is 2.37. The van der Waals surface area contributed by atoms with Crippen molar-refractivity contribution in [2.45, 2.75) is 6.92 Å². The Labute approximate surface area is 70.2 Å². The third kappa shape index (κ3) is 2.16. The molecule has 0 bridgehead atoms. The molecule has 4 nitrogen and oxygen atoms in total. The second kappa shape index (κ2) is 3.61. The highest BCUT2D eigenvalue weighted by atomic mass is 16.4. The first-order valence-electron chi connectivity index (χ1n) is 3.51. The van der Waals surface area contributed by atoms with Gasteiger partial charge in [0.25, 0.3) is 0 Å². The molecule has 0 saturated heterocycles. The largest absolute Gasteiger partial charge is 0.464 e. The summed E-state index contributed by atoms with van der Waals surface area (Å²) < 4.78 is 0. The Morgan fingerprint density at radius 3 is 2.67 bits per heavy atom. The summed E-state index contributed by atoms with van der Waals surface area (Å²) in [5.74, 6) is 0. The van der Waals surface area contributed by atoms with E-state index < -0.39 is 6.09 Å². The van der Waals surface area contributed by atoms with E-state index in [1.165, 1.54) is 0 Å². The van der Waals surface area contributed by atoms with E-state index >= 15 is 0 Å². The second-order valence-electron chi connectivity index (χ2n) is 2.37. The van der Waals surface area contributed by atoms with Gasteiger partial charge in [0.15, 0.2) is 0 Å². The number of hydrazine groups is 1. The number of nitrogens with one attached hydrogen (secondary N) is 2. The number of anilines is 1. The van der Waals surface area contributed by atoms with Crippen molar-refractivity contribution in [2.75, 3.05) is 5.43 Å². The zero-order valence-electron chi connectivity index (χ0n) is 6.66. The van der Waals surface area contributed by atoms with Crippen LogP contribution >= 0.6 is 0 Å². The van der Waals surface area contributed by atoms with Gasteiger partial charge in [-0.25, -0.2) is 10.2 Å². The molecule has 1 rings (SSSR count). The van der Waals surface area contributed by atoms with Crippen LogP contribution in [0.1, 0.15) is 5.56 Å². The van der Waals surface area contributed by atoms with Gasteiger partial charge in [-0.3, -0.25) is 5.43 Å². The zero-order valence-corrected chi connectivity index (χ0v) is 6.66. The molecule has 3 N–H and O–H groups in total. The van der Waals surface area contributed by atoms with Crippen LogP contribution in [0.3, 0.4) is 0 Å². The molecule has 0 fully saturated rings. The van der Waals surface area contributed by atoms with Crippen LogP contribution in [0.4, 0.5) is 10.5 Å². The first kappa shape index (κ1) is 8.39. The maximum absolute atomic E-state index is 10.1. The number of carbonyl (C=O) groups is 1. The van der Waals surface area contributed by atoms with Crippen molar-refractivity contribution in [1.82, 2.24) is 5.43 Å². The number of benzene rings is 1. The minimum Gasteiger partial charge on any atom is -0.464 e. The van der Waals surface area contributed by atoms with Crippen molar-refractivity contribution in [3.63, 3.8) is 0 Å². The quantitative estimate of drug-likeness (QED) is 0.584. The van der Waals surface area contributed by atoms with Gasteiger partial charge in [0.05, 0.1) is 5.69 Å². The summed E-state index contributed by atoms with van der Waals surface area (Å²) >= 11 is 0. The lowest BCUT2D eigenvalue weighted by Gasteiger charge is -2.07. The molecule has 4 heteroatoms. The zero-order chi connectivity index (χ0) is 8.97. The standard InChI is InChI=1S/C8H10N2O2/c1-6-4-2-3-5-7(6)9-10-8(11)12/h2-5,9-10H,1H3,(H,11,12). The molecule has 0 aromatic heterocycles. The van der Waals surface area contributed by atoms with Crippen molar-refractivity contribution < 1.29 is 9.90 Å². The van der Waals surface area contributed by atoms with E-state index in [1.54, 1.807) is 6.07 Å². The van der Waals surface area contributed by atoms with Crippen LogP contribution in [0.25, 0.3) is 0 Å². The first-order chi connectivity index (χ1) is 5.70. The first-order valence-corrected chi connectivity index (χ1v) is 3.51. The third-order valence-corrected chi connectivity index (χ3v) is 1.45. The Morgan fingerprint density at radius 2 is 2.08 bits per heavy atom. The van der Waals surface area contributed by atoms with Gasteiger partial charge in [0.1, 0.15) is 0 Å². The normalized spacial score (nSPS) is 9.08. The van der Waals surface area contributed by atoms with Gasteiger partial charge >= 0.3 is 6.09 Å². The molecule has 0 spiro atoms. The summed E-state index contributed by atoms with van der Waals surface area (Å²) in [4.78, 5) is 10.1. The molecule has 0 aliphatic carbocycles. The number of para-hydroxylation sites is 1. The molecule has 12 heavy (non-hydrogen) atoms. The Kier molecular flexibility index (Phi) is 2.53. The molecule has 64 valence electrons. The molecular weight excluding hydrogens is 156 g/mol. The van der Waals surface area contributed by atoms with Crippen LogP contribution in [0.15, 0.2) is 24.3 Å². The topological polar surface area (TPSA) is 61.4 Å². The lowest BCUT2D eigenvalue weighted by Crippen LogP contribution is -2.27. The predicted molar refractivity (Wildman–Crippen MR) is 46.0 cm³/mol. The number of hydrogen-bond donors (Lipinski definition) is 3. The van der Waals surface area contributed by atoms with Crippen molar-refractivity contribution in [3.8, 4) is 0 Å². The third-order valence-electron chi connectivity index (χ3n) is 1.45. The monoisotopic (exact) mass is 166 g/mol. The summed E-state index contributed by atoms with van der Waals surface area (Å²) in [7, 11) is 0. The van der Waals surface area contributed by atoms with Gasteiger partial charge in [0, 0.05) is 0 Å². The summed E-state index contributed by atoms with van der Waals surface area (Å²) in [5, 5.41) is 8.29. The number of hydrogen-bond acceptors (Lipinski definition) is 2. The molecule has 0 saturated carbocycles. The van der Waals surface area contributed by atoms with Gasteiger partial charge in [0.2, 0.25) is 0 Å². The average Bonchev–Trinajstić information content (AvgIpc) is 2.03. The number of carboxylic acid groups (broad SMARTS) is 1. The van der Waals surface area contributed by atoms with Crippen molar-refractivity contribution >= 4 is 11.8 Å². The number of rotatable bonds is 2. The van der Waals surface area contributed by atoms with Gasteiger partial charge in [-0.2, -0.15) is 0 Å². The summed E-state index contributed by atoms with van der Waals surface area (Å²) in [5.41, 5.74) is 6.39. The summed E-state index contributed by atoms with van der Waals surface area (Å²) in [6.45, 7) is 1.89. The van der Waals surface area contributed by atoms with Crippen molar-refractivity contribution in [2.24, 2.45) is 0 Å². The number of aryl methyl sites for hydroxylation is 1. The molecule has 0 unspecified atom stereocenters. The molecule has 0 radical (unpaired) electrons. The Morgan fingerprint density at radius 1 is 1.42 bits per heavy atom. The highest BCUT2D eigenvalue weighted by Gasteiger charge is 1.96. The fraction of sp³-hybridized carbons (Fsp3) is 0.125.